The number of carbonyl (C=O) groups is 1. The van der Waals surface area contributed by atoms with Crippen molar-refractivity contribution in [2.24, 2.45) is 7.05 Å². The third-order valence-corrected chi connectivity index (χ3v) is 5.12. The highest BCUT2D eigenvalue weighted by Crippen LogP contribution is 2.18. The molecule has 4 nitrogen and oxygen atoms in total. The lowest BCUT2D eigenvalue weighted by Gasteiger charge is -2.08. The number of thioether (sulfide) groups is 1. The Hall–Kier alpha value is -2.40. The standard InChI is InChI=1S/C20H20N2O2S/c1-3-6-14-9-11-15(12-10-14)18(23)13-25-20-21-17-8-5-4-7-16(17)19(24)22(20)2/h4-5,7-12H,3,6,13H2,1-2H3. The summed E-state index contributed by atoms with van der Waals surface area (Å²) in [6.45, 7) is 2.14. The molecular formula is C20H20N2O2S. The normalized spacial score (nSPS) is 11.0. The number of rotatable bonds is 6. The first-order chi connectivity index (χ1) is 12.1. The maximum Gasteiger partial charge on any atom is 0.261 e. The highest BCUT2D eigenvalue weighted by Gasteiger charge is 2.12. The molecule has 0 saturated carbocycles. The second kappa shape index (κ2) is 7.66. The number of nitrogens with zero attached hydrogens (tertiary/aromatic N) is 2. The third kappa shape index (κ3) is 3.82. The van der Waals surface area contributed by atoms with Crippen LogP contribution >= 0.6 is 11.8 Å². The molecule has 5 heteroatoms. The van der Waals surface area contributed by atoms with Crippen molar-refractivity contribution in [2.75, 3.05) is 5.75 Å². The molecular weight excluding hydrogens is 332 g/mol. The van der Waals surface area contributed by atoms with Crippen molar-refractivity contribution in [1.29, 1.82) is 0 Å². The molecule has 2 aromatic carbocycles. The van der Waals surface area contributed by atoms with E-state index in [-0.39, 0.29) is 17.1 Å². The maximum absolute atomic E-state index is 12.4. The molecule has 25 heavy (non-hydrogen) atoms. The van der Waals surface area contributed by atoms with Crippen LogP contribution in [0.5, 0.6) is 0 Å². The van der Waals surface area contributed by atoms with Gasteiger partial charge in [-0.2, -0.15) is 0 Å². The Kier molecular flexibility index (Phi) is 5.34. The van der Waals surface area contributed by atoms with Crippen LogP contribution in [0.25, 0.3) is 10.9 Å². The van der Waals surface area contributed by atoms with Crippen molar-refractivity contribution in [3.05, 3.63) is 70.0 Å². The van der Waals surface area contributed by atoms with Crippen LogP contribution < -0.4 is 5.56 Å². The fourth-order valence-corrected chi connectivity index (χ4v) is 3.55. The van der Waals surface area contributed by atoms with Crippen molar-refractivity contribution in [2.45, 2.75) is 24.9 Å². The number of fused-ring (bicyclic) bond motifs is 1. The summed E-state index contributed by atoms with van der Waals surface area (Å²) >= 11 is 1.30. The number of hydrogen-bond donors (Lipinski definition) is 0. The first-order valence-corrected chi connectivity index (χ1v) is 9.29. The molecule has 0 aliphatic carbocycles. The minimum Gasteiger partial charge on any atom is -0.293 e. The van der Waals surface area contributed by atoms with Crippen molar-refractivity contribution in [3.8, 4) is 0 Å². The van der Waals surface area contributed by atoms with Gasteiger partial charge in [-0.25, -0.2) is 4.98 Å². The molecule has 3 aromatic rings. The zero-order valence-corrected chi connectivity index (χ0v) is 15.2. The van der Waals surface area contributed by atoms with Crippen LogP contribution in [0.3, 0.4) is 0 Å². The van der Waals surface area contributed by atoms with Gasteiger partial charge in [0.05, 0.1) is 16.7 Å². The molecule has 0 N–H and O–H groups in total. The highest BCUT2D eigenvalue weighted by molar-refractivity contribution is 7.99. The number of para-hydroxylation sites is 1. The van der Waals surface area contributed by atoms with Crippen LogP contribution in [-0.4, -0.2) is 21.1 Å². The van der Waals surface area contributed by atoms with Crippen LogP contribution in [0, 0.1) is 0 Å². The molecule has 0 bridgehead atoms. The lowest BCUT2D eigenvalue weighted by Crippen LogP contribution is -2.20. The number of Topliss-reactive ketones (excluding diaryl/α,β-unsaturated/α-hetero) is 1. The van der Waals surface area contributed by atoms with E-state index in [1.165, 1.54) is 21.9 Å². The number of hydrogen-bond acceptors (Lipinski definition) is 4. The smallest absolute Gasteiger partial charge is 0.261 e. The van der Waals surface area contributed by atoms with Gasteiger partial charge in [-0.15, -0.1) is 0 Å². The molecule has 3 rings (SSSR count). The summed E-state index contributed by atoms with van der Waals surface area (Å²) in [6, 6.07) is 15.0. The van der Waals surface area contributed by atoms with Gasteiger partial charge in [0, 0.05) is 12.6 Å². The summed E-state index contributed by atoms with van der Waals surface area (Å²) in [4.78, 5) is 29.3. The fraction of sp³-hybridized carbons (Fsp3) is 0.250. The number of carbonyl (C=O) groups excluding carboxylic acids is 1. The monoisotopic (exact) mass is 352 g/mol. The first-order valence-electron chi connectivity index (χ1n) is 8.31. The summed E-state index contributed by atoms with van der Waals surface area (Å²) in [5.74, 6) is 0.293. The maximum atomic E-state index is 12.4. The summed E-state index contributed by atoms with van der Waals surface area (Å²) in [5, 5.41) is 1.15. The average molecular weight is 352 g/mol. The molecule has 0 atom stereocenters. The summed E-state index contributed by atoms with van der Waals surface area (Å²) in [5.41, 5.74) is 2.50. The van der Waals surface area contributed by atoms with E-state index < -0.39 is 0 Å². The van der Waals surface area contributed by atoms with E-state index in [0.717, 1.165) is 12.8 Å². The molecule has 0 radical (unpaired) electrons. The van der Waals surface area contributed by atoms with Crippen LogP contribution in [0.4, 0.5) is 0 Å². The van der Waals surface area contributed by atoms with E-state index in [9.17, 15) is 9.59 Å². The summed E-state index contributed by atoms with van der Waals surface area (Å²) < 4.78 is 1.50. The van der Waals surface area contributed by atoms with E-state index in [4.69, 9.17) is 0 Å². The molecule has 0 unspecified atom stereocenters. The van der Waals surface area contributed by atoms with Crippen LogP contribution in [0.15, 0.2) is 58.5 Å². The third-order valence-electron chi connectivity index (χ3n) is 4.09. The quantitative estimate of drug-likeness (QED) is 0.384. The van der Waals surface area contributed by atoms with Crippen molar-refractivity contribution in [3.63, 3.8) is 0 Å². The Morgan fingerprint density at radius 2 is 1.84 bits per heavy atom. The molecule has 0 fully saturated rings. The van der Waals surface area contributed by atoms with Gasteiger partial charge >= 0.3 is 0 Å². The summed E-state index contributed by atoms with van der Waals surface area (Å²) in [6.07, 6.45) is 2.11. The molecule has 0 saturated heterocycles. The van der Waals surface area contributed by atoms with Crippen LogP contribution in [-0.2, 0) is 13.5 Å². The average Bonchev–Trinajstić information content (AvgIpc) is 2.64. The molecule has 0 spiro atoms. The molecule has 0 amide bonds. The number of aryl methyl sites for hydroxylation is 1. The van der Waals surface area contributed by atoms with E-state index >= 15 is 0 Å². The minimum absolute atomic E-state index is 0.0375. The topological polar surface area (TPSA) is 52.0 Å². The molecule has 128 valence electrons. The highest BCUT2D eigenvalue weighted by atomic mass is 32.2. The predicted molar refractivity (Wildman–Crippen MR) is 102 cm³/mol. The van der Waals surface area contributed by atoms with Crippen LogP contribution in [0.1, 0.15) is 29.3 Å². The van der Waals surface area contributed by atoms with Gasteiger partial charge < -0.3 is 0 Å². The molecule has 1 aromatic heterocycles. The van der Waals surface area contributed by atoms with Gasteiger partial charge in [0.15, 0.2) is 10.9 Å². The SMILES string of the molecule is CCCc1ccc(C(=O)CSc2nc3ccccc3c(=O)n2C)cc1. The zero-order valence-electron chi connectivity index (χ0n) is 14.4. The second-order valence-electron chi connectivity index (χ2n) is 5.93. The lowest BCUT2D eigenvalue weighted by molar-refractivity contribution is 0.102. The van der Waals surface area contributed by atoms with E-state index in [1.807, 2.05) is 42.5 Å². The largest absolute Gasteiger partial charge is 0.293 e. The number of aromatic nitrogens is 2. The van der Waals surface area contributed by atoms with Gasteiger partial charge in [0.25, 0.3) is 5.56 Å². The molecule has 0 aliphatic rings. The van der Waals surface area contributed by atoms with Gasteiger partial charge in [0.1, 0.15) is 0 Å². The van der Waals surface area contributed by atoms with Crippen LogP contribution in [0.2, 0.25) is 0 Å². The van der Waals surface area contributed by atoms with E-state index in [1.54, 1.807) is 13.1 Å². The van der Waals surface area contributed by atoms with E-state index in [2.05, 4.69) is 11.9 Å². The zero-order chi connectivity index (χ0) is 17.8. The number of ketones is 1. The van der Waals surface area contributed by atoms with E-state index in [0.29, 0.717) is 21.6 Å². The minimum atomic E-state index is -0.0931. The Morgan fingerprint density at radius 1 is 1.12 bits per heavy atom. The van der Waals surface area contributed by atoms with Gasteiger partial charge in [0.2, 0.25) is 0 Å². The second-order valence-corrected chi connectivity index (χ2v) is 6.88. The van der Waals surface area contributed by atoms with Gasteiger partial charge in [-0.3, -0.25) is 14.2 Å². The van der Waals surface area contributed by atoms with Gasteiger partial charge in [-0.1, -0.05) is 61.5 Å². The first kappa shape index (κ1) is 17.4. The van der Waals surface area contributed by atoms with Crippen molar-refractivity contribution < 1.29 is 4.79 Å². The van der Waals surface area contributed by atoms with Crippen molar-refractivity contribution >= 4 is 28.4 Å². The molecule has 0 aliphatic heterocycles. The summed E-state index contributed by atoms with van der Waals surface area (Å²) in [7, 11) is 1.69. The molecule has 1 heterocycles. The van der Waals surface area contributed by atoms with Gasteiger partial charge in [-0.05, 0) is 24.1 Å². The Morgan fingerprint density at radius 3 is 2.56 bits per heavy atom. The Labute approximate surface area is 150 Å². The number of benzene rings is 2. The lowest BCUT2D eigenvalue weighted by atomic mass is 10.1. The van der Waals surface area contributed by atoms with Crippen molar-refractivity contribution in [1.82, 2.24) is 9.55 Å². The Balaban J connectivity index is 1.77. The predicted octanol–water partition coefficient (Wildman–Crippen LogP) is 3.86. The Bertz CT molecular complexity index is 962. The fourth-order valence-electron chi connectivity index (χ4n) is 2.69.